The number of nitrogens with one attached hydrogen (secondary N) is 1. The Balaban J connectivity index is 0.00000210. The second-order valence-electron chi connectivity index (χ2n) is 6.58. The van der Waals surface area contributed by atoms with Gasteiger partial charge in [-0.2, -0.15) is 5.10 Å². The lowest BCUT2D eigenvalue weighted by molar-refractivity contribution is 0.331. The first-order valence-corrected chi connectivity index (χ1v) is 8.84. The molecule has 7 heteroatoms. The van der Waals surface area contributed by atoms with E-state index in [9.17, 15) is 5.11 Å². The highest BCUT2D eigenvalue weighted by atomic mass is 35.5. The predicted octanol–water partition coefficient (Wildman–Crippen LogP) is 3.87. The fraction of sp³-hybridized carbons (Fsp3) is 0.300. The van der Waals surface area contributed by atoms with Crippen LogP contribution in [0.3, 0.4) is 0 Å². The van der Waals surface area contributed by atoms with Gasteiger partial charge in [-0.25, -0.2) is 4.98 Å². The van der Waals surface area contributed by atoms with Crippen molar-refractivity contribution >= 4 is 12.4 Å². The number of hydrogen-bond acceptors (Lipinski definition) is 5. The van der Waals surface area contributed by atoms with E-state index in [-0.39, 0.29) is 18.2 Å². The number of aromatic nitrogens is 3. The molecule has 0 atom stereocenters. The normalized spacial score (nSPS) is 14.1. The maximum absolute atomic E-state index is 9.96. The van der Waals surface area contributed by atoms with Crippen molar-refractivity contribution in [3.05, 3.63) is 48.0 Å². The van der Waals surface area contributed by atoms with Gasteiger partial charge < -0.3 is 9.84 Å². The van der Waals surface area contributed by atoms with E-state index in [0.29, 0.717) is 17.4 Å². The van der Waals surface area contributed by atoms with Crippen LogP contribution in [0.1, 0.15) is 18.4 Å². The number of nitrogens with zero attached hydrogens (tertiary/aromatic N) is 3. The van der Waals surface area contributed by atoms with Crippen LogP contribution in [0.5, 0.6) is 11.5 Å². The zero-order valence-electron chi connectivity index (χ0n) is 15.2. The Bertz CT molecular complexity index is 907. The monoisotopic (exact) mass is 386 g/mol. The van der Waals surface area contributed by atoms with E-state index in [0.717, 1.165) is 17.7 Å². The summed E-state index contributed by atoms with van der Waals surface area (Å²) in [6.45, 7) is 3.32. The molecule has 1 saturated heterocycles. The molecule has 1 aliphatic heterocycles. The van der Waals surface area contributed by atoms with Crippen LogP contribution >= 0.6 is 12.4 Å². The first kappa shape index (κ1) is 19.2. The number of phenolic OH excluding ortho intramolecular Hbond substituents is 1. The average molecular weight is 387 g/mol. The topological polar surface area (TPSA) is 74.3 Å². The summed E-state index contributed by atoms with van der Waals surface area (Å²) in [4.78, 5) is 7.06. The molecule has 0 saturated carbocycles. The van der Waals surface area contributed by atoms with Crippen molar-refractivity contribution in [2.24, 2.45) is 0 Å². The Morgan fingerprint density at radius 2 is 1.93 bits per heavy atom. The van der Waals surface area contributed by atoms with Gasteiger partial charge in [0.2, 0.25) is 0 Å². The maximum atomic E-state index is 9.96. The molecule has 0 unspecified atom stereocenters. The molecule has 3 aromatic rings. The first-order valence-electron chi connectivity index (χ1n) is 8.84. The van der Waals surface area contributed by atoms with Gasteiger partial charge in [0.1, 0.15) is 0 Å². The molecule has 4 rings (SSSR count). The summed E-state index contributed by atoms with van der Waals surface area (Å²) < 4.78 is 5.08. The number of benzene rings is 2. The SMILES string of the molecule is COc1ccc(-c2nc(-c3cccc(CN4CCCC4)c3)n[nH]2)cc1O.Cl. The second-order valence-corrected chi connectivity index (χ2v) is 6.58. The molecule has 1 aliphatic rings. The van der Waals surface area contributed by atoms with E-state index in [1.54, 1.807) is 12.1 Å². The highest BCUT2D eigenvalue weighted by Crippen LogP contribution is 2.30. The van der Waals surface area contributed by atoms with Crippen LogP contribution in [0.25, 0.3) is 22.8 Å². The Morgan fingerprint density at radius 1 is 1.11 bits per heavy atom. The number of halogens is 1. The summed E-state index contributed by atoms with van der Waals surface area (Å²) in [5.41, 5.74) is 3.02. The number of aromatic amines is 1. The molecule has 2 heterocycles. The summed E-state index contributed by atoms with van der Waals surface area (Å²) in [5.74, 6) is 1.78. The highest BCUT2D eigenvalue weighted by molar-refractivity contribution is 5.85. The fourth-order valence-electron chi connectivity index (χ4n) is 3.36. The largest absolute Gasteiger partial charge is 0.504 e. The third-order valence-corrected chi connectivity index (χ3v) is 4.73. The lowest BCUT2D eigenvalue weighted by Gasteiger charge is -2.14. The van der Waals surface area contributed by atoms with Gasteiger partial charge in [0.05, 0.1) is 7.11 Å². The minimum absolute atomic E-state index is 0. The van der Waals surface area contributed by atoms with Crippen LogP contribution in [0.15, 0.2) is 42.5 Å². The number of methoxy groups -OCH3 is 1. The lowest BCUT2D eigenvalue weighted by Crippen LogP contribution is -2.18. The predicted molar refractivity (Wildman–Crippen MR) is 107 cm³/mol. The van der Waals surface area contributed by atoms with Gasteiger partial charge in [-0.15, -0.1) is 12.4 Å². The zero-order chi connectivity index (χ0) is 17.9. The van der Waals surface area contributed by atoms with E-state index in [1.807, 2.05) is 12.1 Å². The number of ether oxygens (including phenoxy) is 1. The molecule has 1 fully saturated rings. The lowest BCUT2D eigenvalue weighted by atomic mass is 10.1. The highest BCUT2D eigenvalue weighted by Gasteiger charge is 2.14. The molecule has 0 bridgehead atoms. The molecular weight excluding hydrogens is 364 g/mol. The van der Waals surface area contributed by atoms with Gasteiger partial charge in [0.15, 0.2) is 23.1 Å². The van der Waals surface area contributed by atoms with Crippen molar-refractivity contribution in [2.45, 2.75) is 19.4 Å². The number of rotatable bonds is 5. The number of H-pyrrole nitrogens is 1. The molecule has 142 valence electrons. The van der Waals surface area contributed by atoms with Gasteiger partial charge >= 0.3 is 0 Å². The summed E-state index contributed by atoms with van der Waals surface area (Å²) in [7, 11) is 1.52. The Kier molecular flexibility index (Phi) is 5.98. The molecule has 2 aromatic carbocycles. The van der Waals surface area contributed by atoms with Crippen molar-refractivity contribution in [2.75, 3.05) is 20.2 Å². The fourth-order valence-corrected chi connectivity index (χ4v) is 3.36. The number of phenols is 1. The number of likely N-dealkylation sites (tertiary alicyclic amines) is 1. The molecule has 27 heavy (non-hydrogen) atoms. The van der Waals surface area contributed by atoms with Crippen LogP contribution in [-0.2, 0) is 6.54 Å². The third kappa shape index (κ3) is 4.23. The summed E-state index contributed by atoms with van der Waals surface area (Å²) in [5, 5.41) is 17.3. The number of hydrogen-bond donors (Lipinski definition) is 2. The standard InChI is InChI=1S/C20H22N4O2.ClH/c1-26-18-8-7-16(12-17(18)25)20-21-19(22-23-20)15-6-4-5-14(11-15)13-24-9-2-3-10-24;/h4-8,11-12,25H,2-3,9-10,13H2,1H3,(H,21,22,23);1H. The zero-order valence-corrected chi connectivity index (χ0v) is 16.0. The Hall–Kier alpha value is -2.57. The molecule has 2 N–H and O–H groups in total. The third-order valence-electron chi connectivity index (χ3n) is 4.73. The van der Waals surface area contributed by atoms with Gasteiger partial charge in [-0.05, 0) is 55.8 Å². The van der Waals surface area contributed by atoms with Crippen molar-refractivity contribution in [1.82, 2.24) is 20.1 Å². The van der Waals surface area contributed by atoms with Gasteiger partial charge in [-0.3, -0.25) is 10.00 Å². The second kappa shape index (κ2) is 8.41. The van der Waals surface area contributed by atoms with Crippen LogP contribution in [0.4, 0.5) is 0 Å². The van der Waals surface area contributed by atoms with Gasteiger partial charge in [0, 0.05) is 17.7 Å². The van der Waals surface area contributed by atoms with E-state index >= 15 is 0 Å². The van der Waals surface area contributed by atoms with E-state index in [4.69, 9.17) is 4.74 Å². The van der Waals surface area contributed by atoms with Crippen LogP contribution < -0.4 is 4.74 Å². The summed E-state index contributed by atoms with van der Waals surface area (Å²) in [6.07, 6.45) is 2.58. The van der Waals surface area contributed by atoms with Crippen molar-refractivity contribution in [1.29, 1.82) is 0 Å². The first-order chi connectivity index (χ1) is 12.7. The van der Waals surface area contributed by atoms with Crippen molar-refractivity contribution in [3.8, 4) is 34.3 Å². The van der Waals surface area contributed by atoms with E-state index in [2.05, 4.69) is 38.3 Å². The summed E-state index contributed by atoms with van der Waals surface area (Å²) >= 11 is 0. The van der Waals surface area contributed by atoms with Gasteiger partial charge in [-0.1, -0.05) is 18.2 Å². The number of aromatic hydroxyl groups is 1. The quantitative estimate of drug-likeness (QED) is 0.696. The Labute approximate surface area is 164 Å². The van der Waals surface area contributed by atoms with Crippen LogP contribution in [0.2, 0.25) is 0 Å². The summed E-state index contributed by atoms with van der Waals surface area (Å²) in [6, 6.07) is 13.5. The van der Waals surface area contributed by atoms with Crippen LogP contribution in [0, 0.1) is 0 Å². The van der Waals surface area contributed by atoms with Crippen molar-refractivity contribution in [3.63, 3.8) is 0 Å². The molecule has 0 amide bonds. The van der Waals surface area contributed by atoms with Crippen molar-refractivity contribution < 1.29 is 9.84 Å². The van der Waals surface area contributed by atoms with Gasteiger partial charge in [0.25, 0.3) is 0 Å². The molecular formula is C20H23ClN4O2. The average Bonchev–Trinajstić information content (AvgIpc) is 3.34. The van der Waals surface area contributed by atoms with Crippen LogP contribution in [-0.4, -0.2) is 45.4 Å². The van der Waals surface area contributed by atoms with E-state index < -0.39 is 0 Å². The Morgan fingerprint density at radius 3 is 2.67 bits per heavy atom. The minimum atomic E-state index is 0. The molecule has 0 radical (unpaired) electrons. The molecule has 0 spiro atoms. The smallest absolute Gasteiger partial charge is 0.181 e. The van der Waals surface area contributed by atoms with E-state index in [1.165, 1.54) is 38.6 Å². The molecule has 6 nitrogen and oxygen atoms in total. The minimum Gasteiger partial charge on any atom is -0.504 e. The maximum Gasteiger partial charge on any atom is 0.181 e. The molecule has 1 aromatic heterocycles. The molecule has 0 aliphatic carbocycles.